The molecule has 9 aromatic carbocycles. The SMILES string of the molecule is [2H]c1c([2H])c([2H])c(-c2cccc3oc4ccc(-n5c6ccccc6c6cc(-c7ccc8c(c7)c7ccccc7n8-c7ccccc7-c7ccccc7)ccc65)cc4c23)c([2H])c1[2H]. The van der Waals surface area contributed by atoms with Crippen molar-refractivity contribution in [2.75, 3.05) is 0 Å². The maximum absolute atomic E-state index is 8.77. The second-order valence-corrected chi connectivity index (χ2v) is 14.5. The van der Waals surface area contributed by atoms with Gasteiger partial charge in [0.15, 0.2) is 0 Å². The molecule has 0 aliphatic heterocycles. The number of aromatic nitrogens is 2. The lowest BCUT2D eigenvalue weighted by Crippen LogP contribution is -1.97. The molecule has 0 saturated heterocycles. The second kappa shape index (κ2) is 12.5. The molecule has 0 saturated carbocycles. The van der Waals surface area contributed by atoms with Crippen LogP contribution < -0.4 is 0 Å². The number of furan rings is 1. The van der Waals surface area contributed by atoms with Crippen molar-refractivity contribution in [2.45, 2.75) is 0 Å². The zero-order chi connectivity index (χ0) is 41.8. The van der Waals surface area contributed by atoms with E-state index in [1.54, 1.807) is 12.1 Å². The Bertz CT molecular complexity index is 3790. The summed E-state index contributed by atoms with van der Waals surface area (Å²) >= 11 is 0. The number of hydrogen-bond donors (Lipinski definition) is 0. The first-order valence-electron chi connectivity index (χ1n) is 21.6. The highest BCUT2D eigenvalue weighted by Gasteiger charge is 2.19. The Morgan fingerprint density at radius 1 is 0.368 bits per heavy atom. The van der Waals surface area contributed by atoms with E-state index in [1.165, 1.54) is 21.9 Å². The molecular weight excluding hydrogens is 693 g/mol. The second-order valence-electron chi connectivity index (χ2n) is 14.5. The molecular formula is C54H34N2O. The third-order valence-electron chi connectivity index (χ3n) is 11.4. The zero-order valence-corrected chi connectivity index (χ0v) is 30.5. The molecule has 0 aliphatic carbocycles. The number of para-hydroxylation sites is 3. The topological polar surface area (TPSA) is 23.0 Å². The highest BCUT2D eigenvalue weighted by molar-refractivity contribution is 6.15. The quantitative estimate of drug-likeness (QED) is 0.173. The molecule has 3 nitrogen and oxygen atoms in total. The van der Waals surface area contributed by atoms with Gasteiger partial charge in [-0.3, -0.25) is 0 Å². The summed E-state index contributed by atoms with van der Waals surface area (Å²) in [5, 5.41) is 6.12. The Kier molecular flexibility index (Phi) is 5.91. The van der Waals surface area contributed by atoms with Crippen molar-refractivity contribution in [2.24, 2.45) is 0 Å². The number of hydrogen-bond acceptors (Lipinski definition) is 1. The van der Waals surface area contributed by atoms with Gasteiger partial charge in [-0.05, 0) is 94.5 Å². The molecule has 266 valence electrons. The van der Waals surface area contributed by atoms with Crippen molar-refractivity contribution in [1.29, 1.82) is 0 Å². The summed E-state index contributed by atoms with van der Waals surface area (Å²) in [4.78, 5) is 0. The van der Waals surface area contributed by atoms with Crippen LogP contribution in [0.1, 0.15) is 6.85 Å². The van der Waals surface area contributed by atoms with Gasteiger partial charge >= 0.3 is 0 Å². The van der Waals surface area contributed by atoms with Crippen LogP contribution in [0.4, 0.5) is 0 Å². The van der Waals surface area contributed by atoms with E-state index >= 15 is 0 Å². The van der Waals surface area contributed by atoms with Crippen molar-refractivity contribution in [3.63, 3.8) is 0 Å². The van der Waals surface area contributed by atoms with Gasteiger partial charge < -0.3 is 13.6 Å². The molecule has 0 N–H and O–H groups in total. The molecule has 12 rings (SSSR count). The number of benzene rings is 9. The minimum absolute atomic E-state index is 0.152. The van der Waals surface area contributed by atoms with Crippen LogP contribution in [-0.2, 0) is 0 Å². The van der Waals surface area contributed by atoms with Crippen LogP contribution in [0.3, 0.4) is 0 Å². The lowest BCUT2D eigenvalue weighted by atomic mass is 9.99. The standard InChI is InChI=1S/C54H34N2O/c1-3-14-35(15-4-1)40-18-7-10-22-47(40)56-49-24-12-9-20-43(49)45-33-38(27-30-51(45)56)37-26-29-50-44(32-37)42-19-8-11-23-48(42)55(50)39-28-31-52-46(34-39)54-41(21-13-25-53(54)57-52)36-16-5-2-6-17-36/h1-34H/i2D,5D,6D,16D,17D. The predicted molar refractivity (Wildman–Crippen MR) is 239 cm³/mol. The van der Waals surface area contributed by atoms with E-state index in [4.69, 9.17) is 11.3 Å². The molecule has 3 aromatic heterocycles. The van der Waals surface area contributed by atoms with E-state index in [2.05, 4.69) is 155 Å². The van der Waals surface area contributed by atoms with Crippen molar-refractivity contribution in [1.82, 2.24) is 9.13 Å². The Morgan fingerprint density at radius 3 is 1.74 bits per heavy atom. The molecule has 0 spiro atoms. The average Bonchev–Trinajstić information content (AvgIpc) is 3.98. The van der Waals surface area contributed by atoms with Crippen LogP contribution in [-0.4, -0.2) is 9.13 Å². The summed E-state index contributed by atoms with van der Waals surface area (Å²) in [6.07, 6.45) is 0. The van der Waals surface area contributed by atoms with Crippen molar-refractivity contribution in [3.8, 4) is 44.8 Å². The fraction of sp³-hybridized carbons (Fsp3) is 0. The Balaban J connectivity index is 1.02. The number of rotatable bonds is 5. The average molecular weight is 732 g/mol. The predicted octanol–water partition coefficient (Wildman–Crippen LogP) is 14.8. The third-order valence-corrected chi connectivity index (χ3v) is 11.4. The van der Waals surface area contributed by atoms with Gasteiger partial charge in [0.05, 0.1) is 34.6 Å². The van der Waals surface area contributed by atoms with Gasteiger partial charge in [0.1, 0.15) is 11.2 Å². The Hall–Kier alpha value is -7.62. The van der Waals surface area contributed by atoms with Gasteiger partial charge in [-0.1, -0.05) is 139 Å². The summed E-state index contributed by atoms with van der Waals surface area (Å²) in [6.45, 7) is 0. The monoisotopic (exact) mass is 731 g/mol. The molecule has 0 bridgehead atoms. The van der Waals surface area contributed by atoms with Crippen LogP contribution >= 0.6 is 0 Å². The molecule has 0 amide bonds. The van der Waals surface area contributed by atoms with E-state index in [0.717, 1.165) is 60.7 Å². The van der Waals surface area contributed by atoms with E-state index in [9.17, 15) is 0 Å². The first-order chi connectivity index (χ1) is 30.4. The van der Waals surface area contributed by atoms with Crippen LogP contribution in [0.2, 0.25) is 0 Å². The highest BCUT2D eigenvalue weighted by Crippen LogP contribution is 2.42. The summed E-state index contributed by atoms with van der Waals surface area (Å²) in [5.74, 6) is 0. The first kappa shape index (κ1) is 27.0. The van der Waals surface area contributed by atoms with Gasteiger partial charge in [-0.15, -0.1) is 0 Å². The van der Waals surface area contributed by atoms with Crippen molar-refractivity contribution >= 4 is 65.6 Å². The Morgan fingerprint density at radius 2 is 0.982 bits per heavy atom. The Labute approximate surface area is 335 Å². The lowest BCUT2D eigenvalue weighted by molar-refractivity contribution is 0.669. The highest BCUT2D eigenvalue weighted by atomic mass is 16.3. The van der Waals surface area contributed by atoms with Crippen LogP contribution in [0.5, 0.6) is 0 Å². The summed E-state index contributed by atoms with van der Waals surface area (Å²) < 4.78 is 53.4. The number of nitrogens with zero attached hydrogens (tertiary/aromatic N) is 2. The molecule has 0 atom stereocenters. The minimum Gasteiger partial charge on any atom is -0.456 e. The summed E-state index contributed by atoms with van der Waals surface area (Å²) in [5.41, 5.74) is 12.9. The van der Waals surface area contributed by atoms with Gasteiger partial charge in [-0.2, -0.15) is 0 Å². The molecule has 3 heterocycles. The van der Waals surface area contributed by atoms with Gasteiger partial charge in [0.25, 0.3) is 0 Å². The van der Waals surface area contributed by atoms with E-state index in [0.29, 0.717) is 22.1 Å². The fourth-order valence-electron chi connectivity index (χ4n) is 8.92. The van der Waals surface area contributed by atoms with Gasteiger partial charge in [0.2, 0.25) is 0 Å². The maximum atomic E-state index is 8.77. The van der Waals surface area contributed by atoms with E-state index < -0.39 is 6.04 Å². The van der Waals surface area contributed by atoms with Crippen LogP contribution in [0.25, 0.3) is 110 Å². The molecule has 12 aromatic rings. The largest absolute Gasteiger partial charge is 0.456 e. The molecule has 3 heteroatoms. The first-order valence-corrected chi connectivity index (χ1v) is 19.1. The van der Waals surface area contributed by atoms with Crippen molar-refractivity contribution < 1.29 is 11.3 Å². The molecule has 0 unspecified atom stereocenters. The third kappa shape index (κ3) is 4.86. The normalized spacial score (nSPS) is 13.1. The molecule has 57 heavy (non-hydrogen) atoms. The smallest absolute Gasteiger partial charge is 0.136 e. The van der Waals surface area contributed by atoms with Gasteiger partial charge in [-0.25, -0.2) is 0 Å². The fourth-order valence-corrected chi connectivity index (χ4v) is 8.92. The lowest BCUT2D eigenvalue weighted by Gasteiger charge is -2.14. The van der Waals surface area contributed by atoms with E-state index in [-0.39, 0.29) is 29.7 Å². The van der Waals surface area contributed by atoms with Gasteiger partial charge in [0, 0.05) is 43.6 Å². The van der Waals surface area contributed by atoms with Crippen molar-refractivity contribution in [3.05, 3.63) is 206 Å². The molecule has 0 radical (unpaired) electrons. The van der Waals surface area contributed by atoms with Crippen LogP contribution in [0.15, 0.2) is 211 Å². The van der Waals surface area contributed by atoms with Crippen LogP contribution in [0, 0.1) is 0 Å². The molecule has 0 fully saturated rings. The summed E-state index contributed by atoms with van der Waals surface area (Å²) in [6, 6.07) is 59.7. The number of fused-ring (bicyclic) bond motifs is 9. The van der Waals surface area contributed by atoms with E-state index in [1.807, 2.05) is 18.2 Å². The maximum Gasteiger partial charge on any atom is 0.136 e. The minimum atomic E-state index is -0.418. The molecule has 0 aliphatic rings. The summed E-state index contributed by atoms with van der Waals surface area (Å²) in [7, 11) is 0. The zero-order valence-electron chi connectivity index (χ0n) is 35.5.